The lowest BCUT2D eigenvalue weighted by atomic mass is 10.1. The topological polar surface area (TPSA) is 72.5 Å². The molecule has 5 nitrogen and oxygen atoms in total. The van der Waals surface area contributed by atoms with Gasteiger partial charge in [0.1, 0.15) is 11.6 Å². The van der Waals surface area contributed by atoms with Crippen LogP contribution in [0, 0.1) is 5.82 Å². The van der Waals surface area contributed by atoms with E-state index in [1.165, 1.54) is 18.9 Å². The first-order valence-electron chi connectivity index (χ1n) is 9.36. The summed E-state index contributed by atoms with van der Waals surface area (Å²) in [6.45, 7) is 0. The molecule has 1 fully saturated rings. The Kier molecular flexibility index (Phi) is 6.34. The number of rotatable bonds is 7. The lowest BCUT2D eigenvalue weighted by Crippen LogP contribution is -2.14. The van der Waals surface area contributed by atoms with Crippen molar-refractivity contribution < 1.29 is 22.3 Å². The first-order chi connectivity index (χ1) is 13.3. The maximum Gasteiger partial charge on any atom is 0.224 e. The van der Waals surface area contributed by atoms with E-state index >= 15 is 0 Å². The van der Waals surface area contributed by atoms with E-state index in [0.717, 1.165) is 42.5 Å². The van der Waals surface area contributed by atoms with Crippen LogP contribution in [0.5, 0.6) is 5.75 Å². The number of benzene rings is 2. The first-order valence-corrected chi connectivity index (χ1v) is 11.3. The van der Waals surface area contributed by atoms with Crippen molar-refractivity contribution in [2.45, 2.75) is 49.5 Å². The molecule has 2 aromatic carbocycles. The molecule has 1 amide bonds. The number of hydrogen-bond donors (Lipinski definition) is 1. The Bertz CT molecular complexity index is 953. The zero-order valence-electron chi connectivity index (χ0n) is 15.8. The lowest BCUT2D eigenvalue weighted by molar-refractivity contribution is -0.116. The maximum atomic E-state index is 13.9. The van der Waals surface area contributed by atoms with Crippen LogP contribution in [0.25, 0.3) is 0 Å². The molecule has 28 heavy (non-hydrogen) atoms. The van der Waals surface area contributed by atoms with Crippen molar-refractivity contribution in [1.82, 2.24) is 0 Å². The molecule has 0 spiro atoms. The fraction of sp³-hybridized carbons (Fsp3) is 0.381. The second-order valence-corrected chi connectivity index (χ2v) is 9.15. The van der Waals surface area contributed by atoms with Gasteiger partial charge in [0.2, 0.25) is 5.91 Å². The second-order valence-electron chi connectivity index (χ2n) is 7.13. The molecular formula is C21H24FNO4S. The van der Waals surface area contributed by atoms with Gasteiger partial charge in [0, 0.05) is 12.7 Å². The minimum atomic E-state index is -3.48. The van der Waals surface area contributed by atoms with E-state index in [1.807, 2.05) is 24.3 Å². The van der Waals surface area contributed by atoms with Crippen LogP contribution in [0.3, 0.4) is 0 Å². The normalized spacial score (nSPS) is 14.8. The molecular weight excluding hydrogens is 381 g/mol. The van der Waals surface area contributed by atoms with Crippen LogP contribution in [0.1, 0.15) is 37.7 Å². The van der Waals surface area contributed by atoms with E-state index in [4.69, 9.17) is 4.74 Å². The molecule has 0 bridgehead atoms. The van der Waals surface area contributed by atoms with E-state index in [2.05, 4.69) is 5.32 Å². The van der Waals surface area contributed by atoms with Crippen molar-refractivity contribution in [2.24, 2.45) is 0 Å². The first kappa shape index (κ1) is 20.3. The summed E-state index contributed by atoms with van der Waals surface area (Å²) in [5.41, 5.74) is 0.822. The summed E-state index contributed by atoms with van der Waals surface area (Å²) in [5.74, 6) is -0.254. The van der Waals surface area contributed by atoms with Gasteiger partial charge in [0.05, 0.1) is 16.7 Å². The molecule has 0 aromatic heterocycles. The van der Waals surface area contributed by atoms with Gasteiger partial charge in [-0.3, -0.25) is 4.79 Å². The summed E-state index contributed by atoms with van der Waals surface area (Å²) < 4.78 is 43.1. The fourth-order valence-electron chi connectivity index (χ4n) is 3.27. The van der Waals surface area contributed by atoms with Crippen LogP contribution in [-0.4, -0.2) is 26.7 Å². The number of sulfone groups is 1. The predicted molar refractivity (Wildman–Crippen MR) is 106 cm³/mol. The maximum absolute atomic E-state index is 13.9. The number of carbonyl (C=O) groups is 1. The number of hydrogen-bond acceptors (Lipinski definition) is 4. The Morgan fingerprint density at radius 3 is 2.64 bits per heavy atom. The monoisotopic (exact) mass is 405 g/mol. The van der Waals surface area contributed by atoms with Crippen molar-refractivity contribution in [1.29, 1.82) is 0 Å². The molecule has 0 heterocycles. The Morgan fingerprint density at radius 2 is 1.93 bits per heavy atom. The number of halogens is 1. The molecule has 1 saturated carbocycles. The molecule has 0 atom stereocenters. The van der Waals surface area contributed by atoms with Crippen molar-refractivity contribution in [3.8, 4) is 5.75 Å². The van der Waals surface area contributed by atoms with Gasteiger partial charge < -0.3 is 10.1 Å². The number of nitrogens with one attached hydrogen (secondary N) is 1. The molecule has 1 N–H and O–H groups in total. The van der Waals surface area contributed by atoms with Gasteiger partial charge in [0.25, 0.3) is 0 Å². The zero-order valence-corrected chi connectivity index (χ0v) is 16.6. The highest BCUT2D eigenvalue weighted by Gasteiger charge is 2.17. The van der Waals surface area contributed by atoms with Crippen LogP contribution in [-0.2, 0) is 21.1 Å². The molecule has 1 aliphatic rings. The molecule has 2 aromatic rings. The minimum absolute atomic E-state index is 0.0408. The molecule has 0 unspecified atom stereocenters. The summed E-state index contributed by atoms with van der Waals surface area (Å²) >= 11 is 0. The van der Waals surface area contributed by atoms with E-state index in [9.17, 15) is 17.6 Å². The van der Waals surface area contributed by atoms with Gasteiger partial charge in [-0.1, -0.05) is 12.1 Å². The molecule has 0 radical (unpaired) electrons. The van der Waals surface area contributed by atoms with Gasteiger partial charge in [0.15, 0.2) is 9.84 Å². The number of aryl methyl sites for hydroxylation is 1. The number of anilines is 1. The third-order valence-electron chi connectivity index (χ3n) is 4.78. The number of ether oxygens (including phenoxy) is 1. The zero-order chi connectivity index (χ0) is 20.1. The van der Waals surface area contributed by atoms with Gasteiger partial charge in [-0.05, 0) is 68.0 Å². The Hall–Kier alpha value is -2.41. The van der Waals surface area contributed by atoms with Crippen LogP contribution in [0.4, 0.5) is 10.1 Å². The van der Waals surface area contributed by atoms with E-state index in [0.29, 0.717) is 6.42 Å². The Labute approximate surface area is 164 Å². The summed E-state index contributed by atoms with van der Waals surface area (Å²) in [6, 6.07) is 11.0. The number of amides is 1. The van der Waals surface area contributed by atoms with Gasteiger partial charge in [-0.25, -0.2) is 12.8 Å². The van der Waals surface area contributed by atoms with E-state index in [1.54, 1.807) is 0 Å². The van der Waals surface area contributed by atoms with Gasteiger partial charge in [-0.15, -0.1) is 0 Å². The average molecular weight is 405 g/mol. The van der Waals surface area contributed by atoms with Gasteiger partial charge in [-0.2, -0.15) is 0 Å². The highest BCUT2D eigenvalue weighted by molar-refractivity contribution is 7.90. The van der Waals surface area contributed by atoms with Crippen molar-refractivity contribution in [3.63, 3.8) is 0 Å². The third kappa shape index (κ3) is 5.55. The summed E-state index contributed by atoms with van der Waals surface area (Å²) in [5, 5.41) is 2.46. The van der Waals surface area contributed by atoms with Crippen LogP contribution < -0.4 is 10.1 Å². The third-order valence-corrected chi connectivity index (χ3v) is 5.89. The lowest BCUT2D eigenvalue weighted by Gasteiger charge is -2.14. The predicted octanol–water partition coefficient (Wildman–Crippen LogP) is 4.12. The highest BCUT2D eigenvalue weighted by Crippen LogP contribution is 2.25. The molecule has 0 saturated heterocycles. The standard InChI is InChI=1S/C21H24FNO4S/c1-28(25,26)18-10-11-19(22)20(14-18)23-21(24)12-9-15-5-4-8-17(13-15)27-16-6-2-3-7-16/h4-5,8,10-11,13-14,16H,2-3,6-7,9,12H2,1H3,(H,23,24). The quantitative estimate of drug-likeness (QED) is 0.704. The Morgan fingerprint density at radius 1 is 1.18 bits per heavy atom. The fourth-order valence-corrected chi connectivity index (χ4v) is 3.92. The average Bonchev–Trinajstić information content (AvgIpc) is 3.14. The van der Waals surface area contributed by atoms with Crippen molar-refractivity contribution in [2.75, 3.05) is 11.6 Å². The van der Waals surface area contributed by atoms with Crippen molar-refractivity contribution in [3.05, 3.63) is 53.8 Å². The molecule has 3 rings (SSSR count). The van der Waals surface area contributed by atoms with Crippen LogP contribution in [0.15, 0.2) is 47.4 Å². The minimum Gasteiger partial charge on any atom is -0.490 e. The molecule has 150 valence electrons. The van der Waals surface area contributed by atoms with Crippen LogP contribution in [0.2, 0.25) is 0 Å². The molecule has 7 heteroatoms. The smallest absolute Gasteiger partial charge is 0.224 e. The molecule has 1 aliphatic carbocycles. The highest BCUT2D eigenvalue weighted by atomic mass is 32.2. The van der Waals surface area contributed by atoms with Gasteiger partial charge >= 0.3 is 0 Å². The SMILES string of the molecule is CS(=O)(=O)c1ccc(F)c(NC(=O)CCc2cccc(OC3CCCC3)c2)c1. The number of carbonyl (C=O) groups excluding carboxylic acids is 1. The summed E-state index contributed by atoms with van der Waals surface area (Å²) in [7, 11) is -3.48. The Balaban J connectivity index is 1.59. The van der Waals surface area contributed by atoms with Crippen molar-refractivity contribution >= 4 is 21.4 Å². The van der Waals surface area contributed by atoms with E-state index < -0.39 is 15.7 Å². The largest absolute Gasteiger partial charge is 0.490 e. The van der Waals surface area contributed by atoms with E-state index in [-0.39, 0.29) is 29.0 Å². The van der Waals surface area contributed by atoms with Crippen LogP contribution >= 0.6 is 0 Å². The summed E-state index contributed by atoms with van der Waals surface area (Å²) in [6.07, 6.45) is 6.46. The second kappa shape index (κ2) is 8.73. The molecule has 0 aliphatic heterocycles. The summed E-state index contributed by atoms with van der Waals surface area (Å²) in [4.78, 5) is 12.2.